The molecule has 0 unspecified atom stereocenters. The number of benzene rings is 2. The molecule has 1 aliphatic rings. The molecule has 0 saturated carbocycles. The van der Waals surface area contributed by atoms with Crippen LogP contribution in [0.3, 0.4) is 0 Å². The molecule has 10 nitrogen and oxygen atoms in total. The second-order valence-corrected chi connectivity index (χ2v) is 8.84. The number of aromatic hydroxyl groups is 3. The van der Waals surface area contributed by atoms with Crippen LogP contribution in [-0.2, 0) is 22.4 Å². The topological polar surface area (TPSA) is 177 Å². The Morgan fingerprint density at radius 1 is 0.853 bits per heavy atom. The van der Waals surface area contributed by atoms with E-state index in [1.165, 1.54) is 24.3 Å². The van der Waals surface area contributed by atoms with E-state index in [4.69, 9.17) is 14.6 Å². The van der Waals surface area contributed by atoms with Crippen molar-refractivity contribution in [3.63, 3.8) is 0 Å². The molecule has 0 aromatic heterocycles. The number of rotatable bonds is 8. The summed E-state index contributed by atoms with van der Waals surface area (Å²) in [5.41, 5.74) is 1.70. The van der Waals surface area contributed by atoms with Crippen molar-refractivity contribution in [3.05, 3.63) is 47.5 Å². The highest BCUT2D eigenvalue weighted by molar-refractivity contribution is 5.73. The van der Waals surface area contributed by atoms with E-state index in [-0.39, 0.29) is 34.8 Å². The summed E-state index contributed by atoms with van der Waals surface area (Å²) in [7, 11) is 0. The lowest BCUT2D eigenvalue weighted by Crippen LogP contribution is -2.61. The fraction of sp³-hybridized carbons (Fsp3) is 0.458. The van der Waals surface area contributed by atoms with Gasteiger partial charge in [-0.25, -0.2) is 4.79 Å². The number of phenols is 3. The second-order valence-electron chi connectivity index (χ2n) is 8.84. The first-order valence-electron chi connectivity index (χ1n) is 10.9. The highest BCUT2D eigenvalue weighted by atomic mass is 16.7. The zero-order valence-corrected chi connectivity index (χ0v) is 18.8. The first-order valence-corrected chi connectivity index (χ1v) is 10.9. The van der Waals surface area contributed by atoms with Gasteiger partial charge in [-0.15, -0.1) is 0 Å². The van der Waals surface area contributed by atoms with Gasteiger partial charge in [0.05, 0.1) is 0 Å². The van der Waals surface area contributed by atoms with Gasteiger partial charge < -0.3 is 45.2 Å². The van der Waals surface area contributed by atoms with E-state index in [2.05, 4.69) is 13.8 Å². The molecule has 0 aliphatic carbocycles. The third-order valence-electron chi connectivity index (χ3n) is 6.21. The van der Waals surface area contributed by atoms with Crippen molar-refractivity contribution >= 4 is 5.97 Å². The number of hydrogen-bond acceptors (Lipinski definition) is 9. The summed E-state index contributed by atoms with van der Waals surface area (Å²) in [6, 6.07) is 9.37. The lowest BCUT2D eigenvalue weighted by molar-refractivity contribution is -0.271. The van der Waals surface area contributed by atoms with Gasteiger partial charge >= 0.3 is 5.97 Å². The van der Waals surface area contributed by atoms with Crippen molar-refractivity contribution in [2.24, 2.45) is 11.8 Å². The number of hydrogen-bond donors (Lipinski definition) is 7. The van der Waals surface area contributed by atoms with Crippen LogP contribution in [0, 0.1) is 11.8 Å². The average Bonchev–Trinajstić information content (AvgIpc) is 2.77. The highest BCUT2D eigenvalue weighted by Gasteiger charge is 2.48. The summed E-state index contributed by atoms with van der Waals surface area (Å²) in [5.74, 6) is -1.80. The predicted molar refractivity (Wildman–Crippen MR) is 119 cm³/mol. The standard InChI is InChI=1S/C24H30O10/c1-11(7-13-3-5-15(25)16(26)9-13)12(2)8-14-4-6-18(17(27)10-14)33-24-21(30)19(28)20(29)22(34-24)23(31)32/h3-6,9-12,19-22,24-30H,7-8H2,1-2H3,(H,31,32)/t11-,12+,19-,20-,21+,22-,24+/m0/s1. The third-order valence-corrected chi connectivity index (χ3v) is 6.21. The summed E-state index contributed by atoms with van der Waals surface area (Å²) in [6.45, 7) is 4.11. The van der Waals surface area contributed by atoms with Crippen molar-refractivity contribution in [1.29, 1.82) is 0 Å². The van der Waals surface area contributed by atoms with E-state index in [1.54, 1.807) is 12.1 Å². The smallest absolute Gasteiger partial charge is 0.335 e. The highest BCUT2D eigenvalue weighted by Crippen LogP contribution is 2.33. The van der Waals surface area contributed by atoms with Gasteiger partial charge in [0.2, 0.25) is 6.29 Å². The summed E-state index contributed by atoms with van der Waals surface area (Å²) >= 11 is 0. The maximum atomic E-state index is 11.2. The first kappa shape index (κ1) is 25.6. The molecule has 7 atom stereocenters. The van der Waals surface area contributed by atoms with Crippen LogP contribution in [-0.4, -0.2) is 72.4 Å². The number of aliphatic carboxylic acids is 1. The van der Waals surface area contributed by atoms with Crippen LogP contribution in [0.4, 0.5) is 0 Å². The lowest BCUT2D eigenvalue weighted by atomic mass is 9.85. The van der Waals surface area contributed by atoms with Crippen molar-refractivity contribution in [2.75, 3.05) is 0 Å². The van der Waals surface area contributed by atoms with Gasteiger partial charge in [-0.05, 0) is 60.1 Å². The van der Waals surface area contributed by atoms with Crippen molar-refractivity contribution in [1.82, 2.24) is 0 Å². The molecule has 1 fully saturated rings. The van der Waals surface area contributed by atoms with Crippen LogP contribution in [0.25, 0.3) is 0 Å². The number of aliphatic hydroxyl groups is 3. The summed E-state index contributed by atoms with van der Waals surface area (Å²) in [6.07, 6.45) is -7.49. The molecular weight excluding hydrogens is 448 g/mol. The Morgan fingerprint density at radius 2 is 1.41 bits per heavy atom. The quantitative estimate of drug-likeness (QED) is 0.272. The SMILES string of the molecule is C[C@H](Cc1ccc(O[C@@H]2O[C@H](C(=O)O)[C@@H](O)[C@H](O)[C@H]2O)c(O)c1)[C@@H](C)Cc1ccc(O)c(O)c1. The van der Waals surface area contributed by atoms with E-state index >= 15 is 0 Å². The van der Waals surface area contributed by atoms with Crippen LogP contribution in [0.1, 0.15) is 25.0 Å². The Hall–Kier alpha value is -3.05. The van der Waals surface area contributed by atoms with Crippen LogP contribution < -0.4 is 4.74 Å². The normalized spacial score (nSPS) is 26.6. The molecule has 2 aromatic rings. The number of phenolic OH excluding ortho intramolecular Hbond substituents is 3. The molecule has 0 radical (unpaired) electrons. The molecule has 186 valence electrons. The van der Waals surface area contributed by atoms with Crippen molar-refractivity contribution in [2.45, 2.75) is 57.4 Å². The predicted octanol–water partition coefficient (Wildman–Crippen LogP) is 1.13. The summed E-state index contributed by atoms with van der Waals surface area (Å²) in [4.78, 5) is 11.2. The maximum absolute atomic E-state index is 11.2. The Bertz CT molecular complexity index is 1010. The largest absolute Gasteiger partial charge is 0.504 e. The second kappa shape index (κ2) is 10.5. The van der Waals surface area contributed by atoms with Crippen LogP contribution >= 0.6 is 0 Å². The van der Waals surface area contributed by atoms with Gasteiger partial charge in [0, 0.05) is 0 Å². The minimum absolute atomic E-state index is 0.0826. The van der Waals surface area contributed by atoms with Gasteiger partial charge in [-0.3, -0.25) is 0 Å². The molecule has 7 N–H and O–H groups in total. The fourth-order valence-electron chi connectivity index (χ4n) is 3.91. The van der Waals surface area contributed by atoms with Gasteiger partial charge in [0.25, 0.3) is 0 Å². The van der Waals surface area contributed by atoms with E-state index in [0.29, 0.717) is 12.8 Å². The van der Waals surface area contributed by atoms with E-state index in [0.717, 1.165) is 11.1 Å². The molecule has 2 aromatic carbocycles. The summed E-state index contributed by atoms with van der Waals surface area (Å²) < 4.78 is 10.5. The molecular formula is C24H30O10. The molecule has 34 heavy (non-hydrogen) atoms. The molecule has 0 spiro atoms. The Balaban J connectivity index is 1.64. The van der Waals surface area contributed by atoms with Gasteiger partial charge in [0.1, 0.15) is 18.3 Å². The summed E-state index contributed by atoms with van der Waals surface area (Å²) in [5, 5.41) is 68.4. The zero-order chi connectivity index (χ0) is 25.2. The van der Waals surface area contributed by atoms with E-state index < -0.39 is 36.7 Å². The number of carboxylic acids is 1. The first-order chi connectivity index (χ1) is 16.0. The molecule has 0 amide bonds. The minimum Gasteiger partial charge on any atom is -0.504 e. The fourth-order valence-corrected chi connectivity index (χ4v) is 3.91. The average molecular weight is 478 g/mol. The van der Waals surface area contributed by atoms with Gasteiger partial charge in [-0.2, -0.15) is 0 Å². The third kappa shape index (κ3) is 5.71. The number of aliphatic hydroxyl groups excluding tert-OH is 3. The molecule has 10 heteroatoms. The Kier molecular flexibility index (Phi) is 7.88. The molecule has 1 heterocycles. The van der Waals surface area contributed by atoms with Gasteiger partial charge in [0.15, 0.2) is 29.1 Å². The van der Waals surface area contributed by atoms with Crippen LogP contribution in [0.15, 0.2) is 36.4 Å². The molecule has 3 rings (SSSR count). The van der Waals surface area contributed by atoms with Crippen LogP contribution in [0.2, 0.25) is 0 Å². The van der Waals surface area contributed by atoms with Crippen LogP contribution in [0.5, 0.6) is 23.0 Å². The zero-order valence-electron chi connectivity index (χ0n) is 18.8. The van der Waals surface area contributed by atoms with Crippen molar-refractivity contribution < 1.29 is 50.0 Å². The molecule has 1 aliphatic heterocycles. The lowest BCUT2D eigenvalue weighted by Gasteiger charge is -2.38. The number of carbonyl (C=O) groups is 1. The monoisotopic (exact) mass is 478 g/mol. The molecule has 1 saturated heterocycles. The van der Waals surface area contributed by atoms with E-state index in [9.17, 15) is 35.4 Å². The maximum Gasteiger partial charge on any atom is 0.335 e. The van der Waals surface area contributed by atoms with E-state index in [1.807, 2.05) is 0 Å². The van der Waals surface area contributed by atoms with Crippen molar-refractivity contribution in [3.8, 4) is 23.0 Å². The minimum atomic E-state index is -1.84. The molecule has 0 bridgehead atoms. The Labute approximate surface area is 196 Å². The number of ether oxygens (including phenoxy) is 2. The van der Waals surface area contributed by atoms with Gasteiger partial charge in [-0.1, -0.05) is 26.0 Å². The Morgan fingerprint density at radius 3 is 1.94 bits per heavy atom. The number of carboxylic acid groups (broad SMARTS) is 1.